The Bertz CT molecular complexity index is 1140. The van der Waals surface area contributed by atoms with E-state index in [1.807, 2.05) is 12.1 Å². The summed E-state index contributed by atoms with van der Waals surface area (Å²) in [6.07, 6.45) is 5.21. The molecule has 2 heterocycles. The Morgan fingerprint density at radius 1 is 1.09 bits per heavy atom. The number of hydrogen-bond acceptors (Lipinski definition) is 7. The third kappa shape index (κ3) is 8.47. The van der Waals surface area contributed by atoms with E-state index in [1.54, 1.807) is 18.4 Å². The molecule has 1 aliphatic rings. The van der Waals surface area contributed by atoms with Gasteiger partial charge in [-0.2, -0.15) is 0 Å². The highest BCUT2D eigenvalue weighted by Gasteiger charge is 2.12. The van der Waals surface area contributed by atoms with Crippen LogP contribution in [0.2, 0.25) is 0 Å². The number of aromatic nitrogens is 1. The van der Waals surface area contributed by atoms with E-state index >= 15 is 0 Å². The van der Waals surface area contributed by atoms with E-state index in [0.29, 0.717) is 12.2 Å². The molecule has 35 heavy (non-hydrogen) atoms. The van der Waals surface area contributed by atoms with E-state index in [-0.39, 0.29) is 0 Å². The predicted octanol–water partition coefficient (Wildman–Crippen LogP) is 4.26. The van der Waals surface area contributed by atoms with E-state index in [0.717, 1.165) is 40.6 Å². The Labute approximate surface area is 208 Å². The van der Waals surface area contributed by atoms with Gasteiger partial charge in [-0.25, -0.2) is 14.6 Å². The maximum absolute atomic E-state index is 9.55. The summed E-state index contributed by atoms with van der Waals surface area (Å²) in [7, 11) is 1.70. The van der Waals surface area contributed by atoms with Crippen molar-refractivity contribution in [3.05, 3.63) is 60.2 Å². The van der Waals surface area contributed by atoms with Crippen molar-refractivity contribution in [1.29, 1.82) is 0 Å². The highest BCUT2D eigenvalue weighted by atomic mass is 32.1. The Balaban J connectivity index is 0.000000371. The van der Waals surface area contributed by atoms with Crippen LogP contribution in [-0.4, -0.2) is 65.3 Å². The van der Waals surface area contributed by atoms with Gasteiger partial charge in [0.05, 0.1) is 17.3 Å². The number of likely N-dealkylation sites (tertiary alicyclic amines) is 1. The summed E-state index contributed by atoms with van der Waals surface area (Å²) >= 11 is 1.73. The Morgan fingerprint density at radius 2 is 1.80 bits per heavy atom. The number of aliphatic carboxylic acids is 2. The van der Waals surface area contributed by atoms with Gasteiger partial charge in [-0.1, -0.05) is 30.7 Å². The third-order valence-corrected chi connectivity index (χ3v) is 6.63. The molecule has 9 heteroatoms. The summed E-state index contributed by atoms with van der Waals surface area (Å²) in [4.78, 5) is 26.5. The molecule has 0 saturated carbocycles. The van der Waals surface area contributed by atoms with Gasteiger partial charge in [0.25, 0.3) is 0 Å². The third-order valence-electron chi connectivity index (χ3n) is 5.58. The van der Waals surface area contributed by atoms with E-state index in [4.69, 9.17) is 19.9 Å². The first kappa shape index (κ1) is 26.3. The number of benzene rings is 2. The van der Waals surface area contributed by atoms with Crippen molar-refractivity contribution in [2.75, 3.05) is 33.3 Å². The van der Waals surface area contributed by atoms with Gasteiger partial charge in [-0.15, -0.1) is 11.3 Å². The van der Waals surface area contributed by atoms with Crippen molar-refractivity contribution < 1.29 is 24.5 Å². The number of nitrogens with zero attached hydrogens (tertiary/aromatic N) is 2. The molecule has 1 saturated heterocycles. The van der Waals surface area contributed by atoms with Gasteiger partial charge >= 0.3 is 11.9 Å². The van der Waals surface area contributed by atoms with Gasteiger partial charge < -0.3 is 25.2 Å². The Hall–Kier alpha value is -3.27. The van der Waals surface area contributed by atoms with Crippen LogP contribution in [0.3, 0.4) is 0 Å². The van der Waals surface area contributed by atoms with Crippen LogP contribution in [-0.2, 0) is 16.1 Å². The minimum Gasteiger partial charge on any atom is -0.497 e. The zero-order chi connectivity index (χ0) is 25.0. The highest BCUT2D eigenvalue weighted by Crippen LogP contribution is 2.33. The fraction of sp³-hybridized carbons (Fsp3) is 0.346. The van der Waals surface area contributed by atoms with Crippen molar-refractivity contribution in [3.63, 3.8) is 0 Å². The zero-order valence-corrected chi connectivity index (χ0v) is 20.6. The first-order valence-electron chi connectivity index (χ1n) is 11.6. The lowest BCUT2D eigenvalue weighted by Crippen LogP contribution is -2.35. The van der Waals surface area contributed by atoms with Crippen molar-refractivity contribution >= 4 is 33.5 Å². The number of fused-ring (bicyclic) bond motifs is 1. The largest absolute Gasteiger partial charge is 0.497 e. The van der Waals surface area contributed by atoms with Gasteiger partial charge in [0.2, 0.25) is 0 Å². The monoisotopic (exact) mass is 497 g/mol. The number of carboxylic acid groups (broad SMARTS) is 2. The lowest BCUT2D eigenvalue weighted by Gasteiger charge is -2.26. The molecule has 4 rings (SSSR count). The molecule has 1 fully saturated rings. The molecular formula is C26H31N3O5S. The summed E-state index contributed by atoms with van der Waals surface area (Å²) in [5.41, 5.74) is 3.56. The molecule has 0 unspecified atom stereocenters. The lowest BCUT2D eigenvalue weighted by molar-refractivity contribution is -0.134. The van der Waals surface area contributed by atoms with E-state index in [9.17, 15) is 9.59 Å². The zero-order valence-electron chi connectivity index (χ0n) is 19.8. The predicted molar refractivity (Wildman–Crippen MR) is 138 cm³/mol. The van der Waals surface area contributed by atoms with E-state index in [1.165, 1.54) is 43.5 Å². The van der Waals surface area contributed by atoms with Crippen LogP contribution < -0.4 is 10.1 Å². The second-order valence-corrected chi connectivity index (χ2v) is 9.13. The number of carboxylic acids is 2. The smallest absolute Gasteiger partial charge is 0.328 e. The van der Waals surface area contributed by atoms with Crippen LogP contribution in [0.15, 0.2) is 54.6 Å². The molecule has 3 aromatic rings. The number of hydrogen-bond donors (Lipinski definition) is 3. The molecule has 186 valence electrons. The number of methoxy groups -OCH3 is 1. The molecule has 1 aliphatic heterocycles. The standard InChI is InChI=1S/C22H27N3OS.C4H4O4/c1-26-18-9-10-20-21(15-18)27-22(24-20)19-8-4-3-7-17(19)16-23-11-14-25-12-5-2-6-13-25;5-3(6)1-2-4(7)8/h3-4,7-10,15,23H,2,5-6,11-14,16H2,1H3;1-2H,(H,5,6)(H,7,8)/b;2-1+. The second kappa shape index (κ2) is 13.6. The van der Waals surface area contributed by atoms with Gasteiger partial charge in [0.15, 0.2) is 0 Å². The minimum atomic E-state index is -1.26. The first-order chi connectivity index (χ1) is 17.0. The quantitative estimate of drug-likeness (QED) is 0.297. The fourth-order valence-electron chi connectivity index (χ4n) is 3.82. The summed E-state index contributed by atoms with van der Waals surface area (Å²) in [5, 5.41) is 20.3. The molecular weight excluding hydrogens is 466 g/mol. The van der Waals surface area contributed by atoms with Gasteiger partial charge in [0, 0.05) is 37.3 Å². The van der Waals surface area contributed by atoms with Crippen molar-refractivity contribution in [3.8, 4) is 16.3 Å². The molecule has 0 amide bonds. The van der Waals surface area contributed by atoms with E-state index in [2.05, 4.69) is 40.5 Å². The lowest BCUT2D eigenvalue weighted by atomic mass is 10.1. The molecule has 2 aromatic carbocycles. The number of ether oxygens (including phenoxy) is 1. The first-order valence-corrected chi connectivity index (χ1v) is 12.4. The number of nitrogens with one attached hydrogen (secondary N) is 1. The summed E-state index contributed by atoms with van der Waals surface area (Å²) in [6.45, 7) is 5.57. The highest BCUT2D eigenvalue weighted by molar-refractivity contribution is 7.21. The average Bonchev–Trinajstić information content (AvgIpc) is 3.30. The van der Waals surface area contributed by atoms with Crippen molar-refractivity contribution in [1.82, 2.24) is 15.2 Å². The maximum atomic E-state index is 9.55. The van der Waals surface area contributed by atoms with Crippen LogP contribution in [0.1, 0.15) is 24.8 Å². The average molecular weight is 498 g/mol. The molecule has 0 aliphatic carbocycles. The topological polar surface area (TPSA) is 112 Å². The normalized spacial score (nSPS) is 14.0. The summed E-state index contributed by atoms with van der Waals surface area (Å²) in [6, 6.07) is 14.7. The van der Waals surface area contributed by atoms with E-state index < -0.39 is 11.9 Å². The second-order valence-electron chi connectivity index (χ2n) is 8.10. The molecule has 1 aromatic heterocycles. The Kier molecular flexibility index (Phi) is 10.2. The number of thiazole rings is 1. The summed E-state index contributed by atoms with van der Waals surface area (Å²) in [5.74, 6) is -1.63. The number of carbonyl (C=O) groups is 2. The van der Waals surface area contributed by atoms with Crippen LogP contribution in [0, 0.1) is 0 Å². The molecule has 0 spiro atoms. The van der Waals surface area contributed by atoms with Crippen molar-refractivity contribution in [2.45, 2.75) is 25.8 Å². The van der Waals surface area contributed by atoms with Gasteiger partial charge in [-0.3, -0.25) is 0 Å². The SMILES string of the molecule is COc1ccc2nc(-c3ccccc3CNCCN3CCCCC3)sc2c1.O=C(O)/C=C/C(=O)O. The molecule has 8 nitrogen and oxygen atoms in total. The molecule has 3 N–H and O–H groups in total. The van der Waals surface area contributed by atoms with Crippen LogP contribution in [0.4, 0.5) is 0 Å². The van der Waals surface area contributed by atoms with Gasteiger partial charge in [-0.05, 0) is 49.7 Å². The summed E-state index contributed by atoms with van der Waals surface area (Å²) < 4.78 is 6.51. The Morgan fingerprint density at radius 3 is 2.49 bits per heavy atom. The molecule has 0 atom stereocenters. The number of piperidine rings is 1. The molecule has 0 radical (unpaired) electrons. The van der Waals surface area contributed by atoms with Crippen LogP contribution >= 0.6 is 11.3 Å². The minimum absolute atomic E-state index is 0.558. The van der Waals surface area contributed by atoms with Gasteiger partial charge in [0.1, 0.15) is 10.8 Å². The maximum Gasteiger partial charge on any atom is 0.328 e. The molecule has 0 bridgehead atoms. The van der Waals surface area contributed by atoms with Crippen LogP contribution in [0.5, 0.6) is 5.75 Å². The fourth-order valence-corrected chi connectivity index (χ4v) is 4.87. The van der Waals surface area contributed by atoms with Crippen molar-refractivity contribution in [2.24, 2.45) is 0 Å². The number of rotatable bonds is 9. The van der Waals surface area contributed by atoms with Crippen LogP contribution in [0.25, 0.3) is 20.8 Å².